The second-order valence-corrected chi connectivity index (χ2v) is 5.07. The third-order valence-electron chi connectivity index (χ3n) is 3.31. The highest BCUT2D eigenvalue weighted by molar-refractivity contribution is 6.31. The monoisotopic (exact) mass is 283 g/mol. The van der Waals surface area contributed by atoms with E-state index in [0.29, 0.717) is 22.1 Å². The van der Waals surface area contributed by atoms with Crippen LogP contribution in [-0.4, -0.2) is 25.5 Å². The lowest BCUT2D eigenvalue weighted by molar-refractivity contribution is 0.0993. The normalized spacial score (nSPS) is 15.5. The Labute approximate surface area is 117 Å². The molecule has 0 unspecified atom stereocenters. The number of nitrogens with two attached hydrogens (primary N) is 1. The van der Waals surface area contributed by atoms with E-state index in [-0.39, 0.29) is 18.4 Å². The minimum atomic E-state index is -0.200. The van der Waals surface area contributed by atoms with Crippen LogP contribution in [0.15, 0.2) is 12.1 Å². The number of ketones is 1. The van der Waals surface area contributed by atoms with E-state index in [1.807, 2.05) is 0 Å². The first-order chi connectivity index (χ1) is 9.15. The van der Waals surface area contributed by atoms with Gasteiger partial charge < -0.3 is 15.2 Å². The molecular formula is C14H18ClNO3. The van der Waals surface area contributed by atoms with E-state index >= 15 is 0 Å². The largest absolute Gasteiger partial charge is 0.493 e. The molecule has 0 spiro atoms. The smallest absolute Gasteiger partial charge is 0.180 e. The van der Waals surface area contributed by atoms with Crippen molar-refractivity contribution in [1.82, 2.24) is 0 Å². The van der Waals surface area contributed by atoms with E-state index < -0.39 is 0 Å². The van der Waals surface area contributed by atoms with Gasteiger partial charge in [-0.1, -0.05) is 11.6 Å². The molecule has 2 rings (SSSR count). The lowest BCUT2D eigenvalue weighted by Gasteiger charge is -2.19. The van der Waals surface area contributed by atoms with Crippen molar-refractivity contribution in [3.05, 3.63) is 22.7 Å². The van der Waals surface area contributed by atoms with E-state index in [4.69, 9.17) is 26.8 Å². The molecule has 1 aromatic carbocycles. The maximum absolute atomic E-state index is 11.9. The van der Waals surface area contributed by atoms with Crippen LogP contribution in [0, 0.1) is 0 Å². The molecule has 1 aliphatic rings. The Balaban J connectivity index is 2.38. The molecule has 0 amide bonds. The molecule has 0 heterocycles. The van der Waals surface area contributed by atoms with Crippen molar-refractivity contribution in [2.45, 2.75) is 31.8 Å². The number of ether oxygens (including phenoxy) is 2. The summed E-state index contributed by atoms with van der Waals surface area (Å²) in [5.41, 5.74) is 5.84. The third-order valence-corrected chi connectivity index (χ3v) is 3.53. The van der Waals surface area contributed by atoms with Gasteiger partial charge in [-0.2, -0.15) is 0 Å². The Hall–Kier alpha value is -1.26. The van der Waals surface area contributed by atoms with E-state index in [1.54, 1.807) is 12.1 Å². The molecule has 1 aromatic rings. The van der Waals surface area contributed by atoms with E-state index in [2.05, 4.69) is 0 Å². The molecule has 104 valence electrons. The molecule has 0 aliphatic heterocycles. The van der Waals surface area contributed by atoms with Gasteiger partial charge >= 0.3 is 0 Å². The lowest BCUT2D eigenvalue weighted by Crippen LogP contribution is -2.18. The van der Waals surface area contributed by atoms with Crippen LogP contribution in [0.1, 0.15) is 36.0 Å². The van der Waals surface area contributed by atoms with Gasteiger partial charge in [0.15, 0.2) is 17.3 Å². The molecule has 0 radical (unpaired) electrons. The van der Waals surface area contributed by atoms with Crippen molar-refractivity contribution < 1.29 is 14.3 Å². The molecule has 0 atom stereocenters. The number of Topliss-reactive ketones (excluding diaryl/α,β-unsaturated/α-hetero) is 1. The van der Waals surface area contributed by atoms with Gasteiger partial charge in [0, 0.05) is 11.1 Å². The summed E-state index contributed by atoms with van der Waals surface area (Å²) in [4.78, 5) is 11.9. The summed E-state index contributed by atoms with van der Waals surface area (Å²) in [5.74, 6) is 0.749. The molecule has 1 fully saturated rings. The highest BCUT2D eigenvalue weighted by Crippen LogP contribution is 2.37. The summed E-state index contributed by atoms with van der Waals surface area (Å²) in [6.07, 6.45) is 4.45. The van der Waals surface area contributed by atoms with Gasteiger partial charge in [-0.15, -0.1) is 0 Å². The van der Waals surface area contributed by atoms with Gasteiger partial charge in [0.1, 0.15) is 0 Å². The average Bonchev–Trinajstić information content (AvgIpc) is 2.92. The van der Waals surface area contributed by atoms with Crippen LogP contribution in [-0.2, 0) is 0 Å². The van der Waals surface area contributed by atoms with Crippen LogP contribution < -0.4 is 15.2 Å². The van der Waals surface area contributed by atoms with E-state index in [0.717, 1.165) is 25.7 Å². The highest BCUT2D eigenvalue weighted by Gasteiger charge is 2.23. The number of benzene rings is 1. The first-order valence-corrected chi connectivity index (χ1v) is 6.81. The number of hydrogen-bond acceptors (Lipinski definition) is 4. The van der Waals surface area contributed by atoms with E-state index in [1.165, 1.54) is 7.11 Å². The number of rotatable bonds is 5. The van der Waals surface area contributed by atoms with E-state index in [9.17, 15) is 4.79 Å². The Bertz CT molecular complexity index is 470. The van der Waals surface area contributed by atoms with Crippen molar-refractivity contribution in [2.24, 2.45) is 5.73 Å². The Morgan fingerprint density at radius 1 is 1.42 bits per heavy atom. The van der Waals surface area contributed by atoms with Crippen molar-refractivity contribution in [3.8, 4) is 11.5 Å². The molecule has 1 aliphatic carbocycles. The SMILES string of the molecule is COc1cc(Cl)cc(C(=O)CN)c1OC1CCCC1. The fourth-order valence-electron chi connectivity index (χ4n) is 2.33. The highest BCUT2D eigenvalue weighted by atomic mass is 35.5. The molecule has 1 saturated carbocycles. The first-order valence-electron chi connectivity index (χ1n) is 6.43. The summed E-state index contributed by atoms with van der Waals surface area (Å²) in [7, 11) is 1.53. The van der Waals surface area contributed by atoms with Gasteiger partial charge in [-0.3, -0.25) is 4.79 Å². The molecule has 0 saturated heterocycles. The maximum atomic E-state index is 11.9. The maximum Gasteiger partial charge on any atom is 0.180 e. The van der Waals surface area contributed by atoms with Crippen molar-refractivity contribution in [1.29, 1.82) is 0 Å². The summed E-state index contributed by atoms with van der Waals surface area (Å²) in [5, 5.41) is 0.437. The van der Waals surface area contributed by atoms with Crippen molar-refractivity contribution in [3.63, 3.8) is 0 Å². The fraction of sp³-hybridized carbons (Fsp3) is 0.500. The van der Waals surface area contributed by atoms with Crippen LogP contribution in [0.5, 0.6) is 11.5 Å². The van der Waals surface area contributed by atoms with Crippen LogP contribution in [0.25, 0.3) is 0 Å². The van der Waals surface area contributed by atoms with Crippen LogP contribution in [0.2, 0.25) is 5.02 Å². The van der Waals surface area contributed by atoms with Crippen molar-refractivity contribution in [2.75, 3.05) is 13.7 Å². The van der Waals surface area contributed by atoms with Gasteiger partial charge in [0.05, 0.1) is 25.3 Å². The minimum absolute atomic E-state index is 0.0788. The number of halogens is 1. The number of carbonyl (C=O) groups is 1. The predicted octanol–water partition coefficient (Wildman–Crippen LogP) is 2.81. The summed E-state index contributed by atoms with van der Waals surface area (Å²) in [6, 6.07) is 3.24. The number of hydrogen-bond donors (Lipinski definition) is 1. The fourth-order valence-corrected chi connectivity index (χ4v) is 2.54. The van der Waals surface area contributed by atoms with Gasteiger partial charge in [0.25, 0.3) is 0 Å². The summed E-state index contributed by atoms with van der Waals surface area (Å²) in [6.45, 7) is -0.0788. The minimum Gasteiger partial charge on any atom is -0.493 e. The quantitative estimate of drug-likeness (QED) is 0.844. The van der Waals surface area contributed by atoms with Crippen LogP contribution in [0.4, 0.5) is 0 Å². The predicted molar refractivity (Wildman–Crippen MR) is 74.3 cm³/mol. The zero-order valence-electron chi connectivity index (χ0n) is 10.9. The van der Waals surface area contributed by atoms with Gasteiger partial charge in [0.2, 0.25) is 0 Å². The molecule has 2 N–H and O–H groups in total. The standard InChI is InChI=1S/C14H18ClNO3/c1-18-13-7-9(15)6-11(12(17)8-16)14(13)19-10-4-2-3-5-10/h6-7,10H,2-5,8,16H2,1H3. The van der Waals surface area contributed by atoms with Crippen LogP contribution >= 0.6 is 11.6 Å². The molecule has 19 heavy (non-hydrogen) atoms. The second-order valence-electron chi connectivity index (χ2n) is 4.64. The number of methoxy groups -OCH3 is 1. The first kappa shape index (κ1) is 14.2. The zero-order chi connectivity index (χ0) is 13.8. The number of carbonyl (C=O) groups excluding carboxylic acids is 1. The average molecular weight is 284 g/mol. The third kappa shape index (κ3) is 3.19. The van der Waals surface area contributed by atoms with Crippen molar-refractivity contribution >= 4 is 17.4 Å². The Morgan fingerprint density at radius 3 is 2.68 bits per heavy atom. The summed E-state index contributed by atoms with van der Waals surface area (Å²) >= 11 is 5.99. The topological polar surface area (TPSA) is 61.5 Å². The van der Waals surface area contributed by atoms with Gasteiger partial charge in [-0.05, 0) is 31.7 Å². The Morgan fingerprint density at radius 2 is 2.11 bits per heavy atom. The lowest BCUT2D eigenvalue weighted by atomic mass is 10.1. The molecular weight excluding hydrogens is 266 g/mol. The molecule has 0 bridgehead atoms. The summed E-state index contributed by atoms with van der Waals surface area (Å²) < 4.78 is 11.2. The molecule has 0 aromatic heterocycles. The molecule has 4 nitrogen and oxygen atoms in total. The zero-order valence-corrected chi connectivity index (χ0v) is 11.7. The molecule has 5 heteroatoms. The van der Waals surface area contributed by atoms with Crippen LogP contribution in [0.3, 0.4) is 0 Å². The van der Waals surface area contributed by atoms with Gasteiger partial charge in [-0.25, -0.2) is 0 Å². The second kappa shape index (κ2) is 6.26. The Kier molecular flexibility index (Phi) is 4.66.